The third-order valence-corrected chi connectivity index (χ3v) is 12.9. The second-order valence-electron chi connectivity index (χ2n) is 17.6. The lowest BCUT2D eigenvalue weighted by Crippen LogP contribution is -2.57. The second kappa shape index (κ2) is 20.4. The highest BCUT2D eigenvalue weighted by Crippen LogP contribution is 2.46. The van der Waals surface area contributed by atoms with E-state index in [1.165, 1.54) is 39.8 Å². The number of aliphatic hydroxyl groups is 5. The van der Waals surface area contributed by atoms with E-state index in [2.05, 4.69) is 19.9 Å². The number of fused-ring (bicyclic) bond motifs is 2. The summed E-state index contributed by atoms with van der Waals surface area (Å²) in [6.45, 7) is 17.1. The van der Waals surface area contributed by atoms with Crippen molar-refractivity contribution in [2.45, 2.75) is 175 Å². The summed E-state index contributed by atoms with van der Waals surface area (Å²) in [5.74, 6) is -6.86. The number of carbonyl (C=O) groups is 3. The van der Waals surface area contributed by atoms with Crippen LogP contribution < -0.4 is 0 Å². The normalized spacial score (nSPS) is 45.5. The Bertz CT molecular complexity index is 1350. The molecule has 0 aromatic carbocycles. The molecular weight excluding hydrogens is 704 g/mol. The smallest absolute Gasteiger partial charge is 0.330 e. The van der Waals surface area contributed by atoms with E-state index < -0.39 is 89.0 Å². The van der Waals surface area contributed by atoms with Crippen molar-refractivity contribution in [2.24, 2.45) is 47.3 Å². The maximum atomic E-state index is 13.5. The molecule has 1 spiro atoms. The number of ether oxygens (including phenoxy) is 3. The lowest BCUT2D eigenvalue weighted by atomic mass is 9.75. The predicted molar refractivity (Wildman–Crippen MR) is 210 cm³/mol. The van der Waals surface area contributed by atoms with Crippen molar-refractivity contribution in [1.29, 1.82) is 0 Å². The number of hydrogen-bond acceptors (Lipinski definition) is 11. The molecule has 0 amide bonds. The summed E-state index contributed by atoms with van der Waals surface area (Å²) < 4.78 is 19.7. The van der Waals surface area contributed by atoms with Crippen molar-refractivity contribution >= 4 is 17.5 Å². The van der Waals surface area contributed by atoms with Crippen LogP contribution >= 0.6 is 0 Å². The maximum absolute atomic E-state index is 13.5. The van der Waals surface area contributed by atoms with Crippen molar-refractivity contribution < 1.29 is 54.1 Å². The summed E-state index contributed by atoms with van der Waals surface area (Å²) in [7, 11) is 0. The standard InChI is InChI=1S/C44H72O11/c1-11-33-16-14-12-13-15-27(4)41(50)43(10,52)42(51)32(9)40(49)31(8)39(48)30(7)38(47)26(3)17-20-37(46)53-36-24-44(54-34(19-18-33)29(36)6)22-21-25(2)35(55-44)23-28(5)45/h12-14,16-17,20,25-36,38,40-41,45,47,49-50,52H,11,15,18-19,21-24H2,1-10H3/b13-12+,16-14?,20-17+/t25-,26-,27+,28+,29+,30-,31-,32-,33-,34-,35-,36-,38+,40+,41-,43+,44-/m0/s1. The van der Waals surface area contributed by atoms with Gasteiger partial charge in [0.25, 0.3) is 0 Å². The Hall–Kier alpha value is -2.25. The van der Waals surface area contributed by atoms with Gasteiger partial charge in [-0.15, -0.1) is 0 Å². The molecular formula is C44H72O11. The van der Waals surface area contributed by atoms with Gasteiger partial charge in [-0.2, -0.15) is 0 Å². The fourth-order valence-electron chi connectivity index (χ4n) is 8.60. The van der Waals surface area contributed by atoms with Crippen LogP contribution in [0.4, 0.5) is 0 Å². The van der Waals surface area contributed by atoms with Crippen LogP contribution in [0.3, 0.4) is 0 Å². The lowest BCUT2D eigenvalue weighted by Gasteiger charge is -2.52. The Kier molecular flexibility index (Phi) is 17.5. The quantitative estimate of drug-likeness (QED) is 0.224. The van der Waals surface area contributed by atoms with Crippen LogP contribution in [-0.4, -0.2) is 97.2 Å². The molecule has 55 heavy (non-hydrogen) atoms. The summed E-state index contributed by atoms with van der Waals surface area (Å²) >= 11 is 0. The topological polar surface area (TPSA) is 180 Å². The third-order valence-electron chi connectivity index (χ3n) is 12.9. The SMILES string of the molecule is CC[C@H]1C=C/C=C/C[C@@H](C)[C@H](O)[C@@](C)(O)C(=O)[C@@H](C)[C@H](O)[C@@H](C)C(=O)[C@@H](C)[C@H](O)[C@@H](C)/C=C/C(=O)O[C@H]2C[C@@]3(CC[C@H](C)[C@H](C[C@@H](C)O)O3)O[C@@H](CC1)[C@H]2C. The molecule has 2 saturated heterocycles. The molecule has 0 radical (unpaired) electrons. The van der Waals surface area contributed by atoms with Gasteiger partial charge in [-0.25, -0.2) is 4.79 Å². The molecule has 2 fully saturated rings. The number of esters is 1. The minimum atomic E-state index is -2.18. The van der Waals surface area contributed by atoms with Gasteiger partial charge in [-0.05, 0) is 70.1 Å². The van der Waals surface area contributed by atoms with Gasteiger partial charge < -0.3 is 39.7 Å². The first-order chi connectivity index (χ1) is 25.6. The van der Waals surface area contributed by atoms with E-state index in [-0.39, 0.29) is 30.0 Å². The van der Waals surface area contributed by atoms with Crippen LogP contribution in [0.15, 0.2) is 36.5 Å². The summed E-state index contributed by atoms with van der Waals surface area (Å²) in [5.41, 5.74) is -2.18. The first-order valence-electron chi connectivity index (χ1n) is 20.8. The number of ketones is 2. The molecule has 3 aliphatic heterocycles. The zero-order valence-electron chi connectivity index (χ0n) is 35.0. The zero-order chi connectivity index (χ0) is 41.4. The molecule has 17 atom stereocenters. The fourth-order valence-corrected chi connectivity index (χ4v) is 8.60. The summed E-state index contributed by atoms with van der Waals surface area (Å²) in [6, 6.07) is 0. The fraction of sp³-hybridized carbons (Fsp3) is 0.795. The molecule has 0 aromatic heterocycles. The molecule has 0 unspecified atom stereocenters. The Morgan fingerprint density at radius 1 is 0.836 bits per heavy atom. The molecule has 11 nitrogen and oxygen atoms in total. The minimum Gasteiger partial charge on any atom is -0.459 e. The van der Waals surface area contributed by atoms with Gasteiger partial charge in [0, 0.05) is 48.5 Å². The van der Waals surface area contributed by atoms with E-state index in [9.17, 15) is 39.9 Å². The molecule has 2 bridgehead atoms. The zero-order valence-corrected chi connectivity index (χ0v) is 35.0. The van der Waals surface area contributed by atoms with E-state index in [1.807, 2.05) is 25.2 Å². The molecule has 3 rings (SSSR count). The first-order valence-corrected chi connectivity index (χ1v) is 20.8. The largest absolute Gasteiger partial charge is 0.459 e. The molecule has 0 saturated carbocycles. The highest BCUT2D eigenvalue weighted by molar-refractivity contribution is 5.91. The van der Waals surface area contributed by atoms with Crippen LogP contribution in [0.2, 0.25) is 0 Å². The minimum absolute atomic E-state index is 0.144. The Morgan fingerprint density at radius 2 is 1.49 bits per heavy atom. The van der Waals surface area contributed by atoms with Crippen molar-refractivity contribution in [2.75, 3.05) is 0 Å². The average molecular weight is 777 g/mol. The molecule has 3 aliphatic rings. The van der Waals surface area contributed by atoms with Gasteiger partial charge >= 0.3 is 5.97 Å². The van der Waals surface area contributed by atoms with Gasteiger partial charge in [0.1, 0.15) is 17.5 Å². The second-order valence-corrected chi connectivity index (χ2v) is 17.6. The maximum Gasteiger partial charge on any atom is 0.330 e. The Balaban J connectivity index is 1.95. The lowest BCUT2D eigenvalue weighted by molar-refractivity contribution is -0.347. The van der Waals surface area contributed by atoms with Gasteiger partial charge in [0.05, 0.1) is 36.6 Å². The number of aliphatic hydroxyl groups excluding tert-OH is 4. The third kappa shape index (κ3) is 12.1. The number of allylic oxidation sites excluding steroid dienone is 4. The first kappa shape index (κ1) is 47.1. The summed E-state index contributed by atoms with van der Waals surface area (Å²) in [5, 5.41) is 54.9. The van der Waals surface area contributed by atoms with Crippen molar-refractivity contribution in [3.63, 3.8) is 0 Å². The van der Waals surface area contributed by atoms with Gasteiger partial charge in [-0.3, -0.25) is 9.59 Å². The number of carbonyl (C=O) groups excluding carboxylic acids is 3. The van der Waals surface area contributed by atoms with Crippen molar-refractivity contribution in [3.05, 3.63) is 36.5 Å². The van der Waals surface area contributed by atoms with E-state index in [4.69, 9.17) is 14.2 Å². The molecule has 11 heteroatoms. The molecule has 5 N–H and O–H groups in total. The molecule has 0 aromatic rings. The van der Waals surface area contributed by atoms with Crippen LogP contribution in [0.1, 0.15) is 121 Å². The summed E-state index contributed by atoms with van der Waals surface area (Å²) in [6.07, 6.45) is 10.1. The number of hydrogen-bond donors (Lipinski definition) is 5. The van der Waals surface area contributed by atoms with Gasteiger partial charge in [0.2, 0.25) is 0 Å². The van der Waals surface area contributed by atoms with Crippen molar-refractivity contribution in [1.82, 2.24) is 0 Å². The Morgan fingerprint density at radius 3 is 2.13 bits per heavy atom. The van der Waals surface area contributed by atoms with Gasteiger partial charge in [-0.1, -0.05) is 85.8 Å². The van der Waals surface area contributed by atoms with E-state index >= 15 is 0 Å². The van der Waals surface area contributed by atoms with Crippen LogP contribution in [-0.2, 0) is 28.6 Å². The summed E-state index contributed by atoms with van der Waals surface area (Å²) in [4.78, 5) is 40.3. The van der Waals surface area contributed by atoms with E-state index in [0.717, 1.165) is 19.3 Å². The predicted octanol–water partition coefficient (Wildman–Crippen LogP) is 5.64. The van der Waals surface area contributed by atoms with Gasteiger partial charge in [0.15, 0.2) is 11.6 Å². The number of Topliss-reactive ketones (excluding diaryl/α,β-unsaturated/α-hetero) is 2. The molecule has 0 aliphatic carbocycles. The van der Waals surface area contributed by atoms with Crippen LogP contribution in [0.25, 0.3) is 0 Å². The Labute approximate surface area is 329 Å². The van der Waals surface area contributed by atoms with E-state index in [1.54, 1.807) is 20.8 Å². The molecule has 314 valence electrons. The number of rotatable bonds is 3. The van der Waals surface area contributed by atoms with E-state index in [0.29, 0.717) is 32.1 Å². The van der Waals surface area contributed by atoms with Crippen LogP contribution in [0, 0.1) is 47.3 Å². The van der Waals surface area contributed by atoms with Crippen LogP contribution in [0.5, 0.6) is 0 Å². The van der Waals surface area contributed by atoms with Crippen molar-refractivity contribution in [3.8, 4) is 0 Å². The monoisotopic (exact) mass is 777 g/mol. The highest BCUT2D eigenvalue weighted by atomic mass is 16.7. The highest BCUT2D eigenvalue weighted by Gasteiger charge is 2.51. The average Bonchev–Trinajstić information content (AvgIpc) is 3.14. The molecule has 3 heterocycles.